The highest BCUT2D eigenvalue weighted by atomic mass is 32.2. The molecule has 0 amide bonds. The number of ether oxygens (including phenoxy) is 1. The molecule has 220 valence electrons. The molecule has 0 unspecified atom stereocenters. The molecule has 2 aromatic heterocycles. The largest absolute Gasteiger partial charge is 0.374 e. The summed E-state index contributed by atoms with van der Waals surface area (Å²) in [5.41, 5.74) is 2.98. The van der Waals surface area contributed by atoms with Crippen LogP contribution in [0, 0.1) is 0 Å². The van der Waals surface area contributed by atoms with Crippen molar-refractivity contribution in [1.82, 2.24) is 24.8 Å². The second-order valence-electron chi connectivity index (χ2n) is 12.9. The molecule has 3 aliphatic heterocycles. The Hall–Kier alpha value is -3.02. The van der Waals surface area contributed by atoms with Crippen LogP contribution in [0.15, 0.2) is 52.3 Å². The summed E-state index contributed by atoms with van der Waals surface area (Å²) in [6.45, 7) is 11.4. The van der Waals surface area contributed by atoms with E-state index in [0.717, 1.165) is 68.3 Å². The van der Waals surface area contributed by atoms with Gasteiger partial charge in [0, 0.05) is 77.0 Å². The molecule has 5 heterocycles. The highest BCUT2D eigenvalue weighted by molar-refractivity contribution is 7.92. The lowest BCUT2D eigenvalue weighted by Crippen LogP contribution is -2.54. The normalized spacial score (nSPS) is 26.1. The first-order valence-electron chi connectivity index (χ1n) is 14.5. The fourth-order valence-electron chi connectivity index (χ4n) is 6.31. The van der Waals surface area contributed by atoms with Crippen molar-refractivity contribution >= 4 is 33.1 Å². The zero-order valence-electron chi connectivity index (χ0n) is 25.1. The van der Waals surface area contributed by atoms with Crippen molar-refractivity contribution in [2.75, 3.05) is 62.6 Å². The van der Waals surface area contributed by atoms with Crippen LogP contribution in [-0.4, -0.2) is 92.9 Å². The summed E-state index contributed by atoms with van der Waals surface area (Å²) in [5, 5.41) is 3.50. The van der Waals surface area contributed by atoms with Gasteiger partial charge in [-0.25, -0.2) is 14.2 Å². The van der Waals surface area contributed by atoms with E-state index in [1.807, 2.05) is 18.3 Å². The van der Waals surface area contributed by atoms with Crippen molar-refractivity contribution in [3.05, 3.63) is 53.5 Å². The summed E-state index contributed by atoms with van der Waals surface area (Å²) < 4.78 is 23.1. The Morgan fingerprint density at radius 2 is 1.85 bits per heavy atom. The highest BCUT2D eigenvalue weighted by Crippen LogP contribution is 2.53. The molecule has 0 spiro atoms. The fourth-order valence-corrected chi connectivity index (χ4v) is 6.87. The predicted molar refractivity (Wildman–Crippen MR) is 164 cm³/mol. The fraction of sp³-hybridized carbons (Fsp3) is 0.567. The average molecular weight is 579 g/mol. The van der Waals surface area contributed by atoms with Gasteiger partial charge in [-0.15, -0.1) is 0 Å². The Morgan fingerprint density at radius 3 is 2.56 bits per heavy atom. The van der Waals surface area contributed by atoms with Gasteiger partial charge < -0.3 is 24.8 Å². The van der Waals surface area contributed by atoms with Gasteiger partial charge in [0.2, 0.25) is 5.95 Å². The molecule has 41 heavy (non-hydrogen) atoms. The second-order valence-corrected chi connectivity index (χ2v) is 15.4. The maximum atomic E-state index is 12.4. The van der Waals surface area contributed by atoms with Crippen LogP contribution >= 0.6 is 0 Å². The van der Waals surface area contributed by atoms with Crippen LogP contribution in [0.4, 0.5) is 23.4 Å². The van der Waals surface area contributed by atoms with Crippen LogP contribution < -0.4 is 10.2 Å². The number of pyridine rings is 1. The molecular weight excluding hydrogens is 536 g/mol. The van der Waals surface area contributed by atoms with Gasteiger partial charge in [0.15, 0.2) is 5.82 Å². The molecule has 2 saturated heterocycles. The van der Waals surface area contributed by atoms with Gasteiger partial charge in [0.05, 0.1) is 18.2 Å². The molecule has 2 atom stereocenters. The Balaban J connectivity index is 1.33. The van der Waals surface area contributed by atoms with Crippen LogP contribution in [0.2, 0.25) is 0 Å². The van der Waals surface area contributed by atoms with E-state index in [1.54, 1.807) is 18.6 Å². The van der Waals surface area contributed by atoms with Gasteiger partial charge in [-0.2, -0.15) is 9.35 Å². The Bertz CT molecular complexity index is 1510. The predicted octanol–water partition coefficient (Wildman–Crippen LogP) is 4.43. The van der Waals surface area contributed by atoms with Crippen molar-refractivity contribution in [2.24, 2.45) is 4.36 Å². The van der Waals surface area contributed by atoms with Crippen LogP contribution in [-0.2, 0) is 19.9 Å². The monoisotopic (exact) mass is 578 g/mol. The summed E-state index contributed by atoms with van der Waals surface area (Å²) in [4.78, 5) is 21.8. The van der Waals surface area contributed by atoms with E-state index >= 15 is 0 Å². The van der Waals surface area contributed by atoms with Crippen molar-refractivity contribution in [2.45, 2.75) is 57.1 Å². The molecule has 0 aromatic carbocycles. The molecule has 1 N–H and O–H groups in total. The maximum absolute atomic E-state index is 12.4. The molecule has 6 rings (SSSR count). The molecule has 0 saturated carbocycles. The quantitative estimate of drug-likeness (QED) is 0.552. The standard InChI is InChI=1S/C30H42N8O2S/c1-29(2)18-24-30(3,20-40-29)23-19-31-28(32-21-10-12-22(13-11-21)37-16-14-36(4)15-17-37)34-27(23)38(24)26-9-7-8-25(33-26)35-41(5,6)39/h7-10,12,19,24H,11,13-18,20H2,1-6H3,(H,31,32,34)/t24-,30-/m1/s1. The number of nitrogens with one attached hydrogen (secondary N) is 1. The molecule has 1 aliphatic carbocycles. The van der Waals surface area contributed by atoms with Crippen molar-refractivity contribution in [3.63, 3.8) is 0 Å². The first kappa shape index (κ1) is 28.1. The van der Waals surface area contributed by atoms with E-state index in [4.69, 9.17) is 19.7 Å². The number of anilines is 3. The summed E-state index contributed by atoms with van der Waals surface area (Å²) in [7, 11) is -0.160. The summed E-state index contributed by atoms with van der Waals surface area (Å²) in [6.07, 6.45) is 12.3. The minimum atomic E-state index is -2.35. The number of allylic oxidation sites excluding steroid dienone is 4. The van der Waals surface area contributed by atoms with Gasteiger partial charge in [0.25, 0.3) is 0 Å². The van der Waals surface area contributed by atoms with Crippen LogP contribution in [0.1, 0.15) is 45.6 Å². The van der Waals surface area contributed by atoms with E-state index in [0.29, 0.717) is 18.4 Å². The van der Waals surface area contributed by atoms with E-state index in [-0.39, 0.29) is 17.1 Å². The van der Waals surface area contributed by atoms with Crippen molar-refractivity contribution < 1.29 is 8.95 Å². The number of fused-ring (bicyclic) bond motifs is 3. The minimum Gasteiger partial charge on any atom is -0.374 e. The van der Waals surface area contributed by atoms with Gasteiger partial charge in [0.1, 0.15) is 11.6 Å². The average Bonchev–Trinajstić information content (AvgIpc) is 3.15. The van der Waals surface area contributed by atoms with E-state index in [9.17, 15) is 4.21 Å². The topological polar surface area (TPSA) is 99.1 Å². The van der Waals surface area contributed by atoms with Gasteiger partial charge in [-0.3, -0.25) is 0 Å². The third-order valence-electron chi connectivity index (χ3n) is 8.70. The SMILES string of the molecule is CN1CCN(C2=CC=C(Nc3ncc4c(n3)N(c3cccc(N=S(C)(C)=O)n3)[C@@H]3CC(C)(C)OC[C@]43C)CC2)CC1. The molecule has 2 aromatic rings. The molecule has 11 heteroatoms. The molecule has 0 radical (unpaired) electrons. The summed E-state index contributed by atoms with van der Waals surface area (Å²) in [6, 6.07) is 5.77. The maximum Gasteiger partial charge on any atom is 0.228 e. The minimum absolute atomic E-state index is 0.0733. The van der Waals surface area contributed by atoms with Crippen LogP contribution in [0.5, 0.6) is 0 Å². The van der Waals surface area contributed by atoms with Crippen molar-refractivity contribution in [3.8, 4) is 0 Å². The lowest BCUT2D eigenvalue weighted by Gasteiger charge is -2.46. The third kappa shape index (κ3) is 5.72. The summed E-state index contributed by atoms with van der Waals surface area (Å²) in [5.74, 6) is 2.61. The number of rotatable bonds is 5. The number of piperazine rings is 1. The molecular formula is C30H42N8O2S. The van der Waals surface area contributed by atoms with Crippen molar-refractivity contribution in [1.29, 1.82) is 0 Å². The number of nitrogens with zero attached hydrogens (tertiary/aromatic N) is 7. The second kappa shape index (κ2) is 10.4. The Kier molecular flexibility index (Phi) is 7.10. The van der Waals surface area contributed by atoms with Gasteiger partial charge >= 0.3 is 0 Å². The molecule has 2 fully saturated rings. The van der Waals surface area contributed by atoms with Gasteiger partial charge in [-0.1, -0.05) is 13.0 Å². The van der Waals surface area contributed by atoms with E-state index in [1.165, 1.54) is 5.70 Å². The van der Waals surface area contributed by atoms with Crippen LogP contribution in [0.3, 0.4) is 0 Å². The number of aromatic nitrogens is 3. The zero-order valence-corrected chi connectivity index (χ0v) is 25.9. The number of hydrogen-bond acceptors (Lipinski definition) is 10. The molecule has 4 aliphatic rings. The van der Waals surface area contributed by atoms with Crippen LogP contribution in [0.25, 0.3) is 0 Å². The number of likely N-dealkylation sites (N-methyl/N-ethyl adjacent to an activating group) is 1. The third-order valence-corrected chi connectivity index (χ3v) is 9.32. The Morgan fingerprint density at radius 1 is 1.07 bits per heavy atom. The summed E-state index contributed by atoms with van der Waals surface area (Å²) >= 11 is 0. The zero-order chi connectivity index (χ0) is 29.0. The van der Waals surface area contributed by atoms with E-state index < -0.39 is 9.73 Å². The van der Waals surface area contributed by atoms with Gasteiger partial charge in [-0.05, 0) is 64.4 Å². The van der Waals surface area contributed by atoms with E-state index in [2.05, 4.69) is 64.4 Å². The lowest BCUT2D eigenvalue weighted by molar-refractivity contribution is -0.0893. The molecule has 10 nitrogen and oxygen atoms in total. The smallest absolute Gasteiger partial charge is 0.228 e. The Labute approximate surface area is 244 Å². The molecule has 0 bridgehead atoms. The lowest BCUT2D eigenvalue weighted by atomic mass is 9.73. The highest BCUT2D eigenvalue weighted by Gasteiger charge is 2.55. The number of hydrogen-bond donors (Lipinski definition) is 1. The first-order chi connectivity index (χ1) is 19.4. The first-order valence-corrected chi connectivity index (χ1v) is 16.8.